The molecule has 25 heavy (non-hydrogen) atoms. The average Bonchev–Trinajstić information content (AvgIpc) is 2.99. The van der Waals surface area contributed by atoms with Crippen molar-refractivity contribution < 1.29 is 9.53 Å². The Kier molecular flexibility index (Phi) is 5.14. The Labute approximate surface area is 150 Å². The quantitative estimate of drug-likeness (QED) is 0.386. The smallest absolute Gasteiger partial charge is 0.331 e. The summed E-state index contributed by atoms with van der Waals surface area (Å²) in [5, 5.41) is 1.15. The first kappa shape index (κ1) is 17.2. The largest absolute Gasteiger partial charge is 0.458 e. The normalized spacial score (nSPS) is 11.5. The molecule has 3 rings (SSSR count). The van der Waals surface area contributed by atoms with Gasteiger partial charge in [-0.15, -0.1) is 0 Å². The molecule has 1 aromatic carbocycles. The van der Waals surface area contributed by atoms with Crippen LogP contribution >= 0.6 is 11.6 Å². The molecule has 0 aliphatic heterocycles. The summed E-state index contributed by atoms with van der Waals surface area (Å²) < 4.78 is 7.26. The third kappa shape index (κ3) is 3.88. The van der Waals surface area contributed by atoms with Crippen molar-refractivity contribution in [1.82, 2.24) is 14.5 Å². The molecule has 0 aliphatic rings. The molecule has 0 saturated heterocycles. The monoisotopic (exact) mass is 355 g/mol. The summed E-state index contributed by atoms with van der Waals surface area (Å²) in [6.07, 6.45) is 4.56. The van der Waals surface area contributed by atoms with Gasteiger partial charge in [-0.1, -0.05) is 41.9 Å². The summed E-state index contributed by atoms with van der Waals surface area (Å²) in [4.78, 5) is 20.3. The highest BCUT2D eigenvalue weighted by atomic mass is 35.5. The third-order valence-electron chi connectivity index (χ3n) is 3.74. The lowest BCUT2D eigenvalue weighted by Crippen LogP contribution is -2.05. The summed E-state index contributed by atoms with van der Waals surface area (Å²) >= 11 is 6.15. The van der Waals surface area contributed by atoms with Crippen molar-refractivity contribution in [1.29, 1.82) is 0 Å². The first-order valence-corrected chi connectivity index (χ1v) is 8.34. The maximum Gasteiger partial charge on any atom is 0.331 e. The number of esters is 1. The molecule has 0 unspecified atom stereocenters. The number of carbonyl (C=O) groups excluding carboxylic acids is 1. The predicted molar refractivity (Wildman–Crippen MR) is 98.2 cm³/mol. The summed E-state index contributed by atoms with van der Waals surface area (Å²) in [7, 11) is 0. The van der Waals surface area contributed by atoms with Gasteiger partial charge >= 0.3 is 5.97 Å². The van der Waals surface area contributed by atoms with Crippen LogP contribution in [-0.2, 0) is 16.1 Å². The van der Waals surface area contributed by atoms with Crippen LogP contribution in [0.15, 0.2) is 48.8 Å². The van der Waals surface area contributed by atoms with Crippen molar-refractivity contribution in [2.24, 2.45) is 0 Å². The summed E-state index contributed by atoms with van der Waals surface area (Å²) in [5.74, 6) is -0.401. The van der Waals surface area contributed by atoms with Crippen LogP contribution in [0.2, 0.25) is 5.15 Å². The van der Waals surface area contributed by atoms with Gasteiger partial charge in [-0.2, -0.15) is 0 Å². The van der Waals surface area contributed by atoms with Crippen LogP contribution in [0.3, 0.4) is 0 Å². The molecular formula is C19H18ClN3O2. The van der Waals surface area contributed by atoms with E-state index in [0.717, 1.165) is 22.3 Å². The van der Waals surface area contributed by atoms with Crippen molar-refractivity contribution in [3.05, 3.63) is 65.2 Å². The van der Waals surface area contributed by atoms with E-state index in [-0.39, 0.29) is 12.6 Å². The van der Waals surface area contributed by atoms with Crippen LogP contribution < -0.4 is 0 Å². The lowest BCUT2D eigenvalue weighted by atomic mass is 10.2. The second-order valence-electron chi connectivity index (χ2n) is 5.86. The zero-order valence-corrected chi connectivity index (χ0v) is 14.8. The van der Waals surface area contributed by atoms with Gasteiger partial charge < -0.3 is 9.30 Å². The van der Waals surface area contributed by atoms with Gasteiger partial charge in [0.2, 0.25) is 0 Å². The van der Waals surface area contributed by atoms with E-state index >= 15 is 0 Å². The Morgan fingerprint density at radius 2 is 2.04 bits per heavy atom. The fourth-order valence-corrected chi connectivity index (χ4v) is 2.81. The number of fused-ring (bicyclic) bond motifs is 1. The Bertz CT molecular complexity index is 917. The van der Waals surface area contributed by atoms with E-state index in [1.165, 1.54) is 12.4 Å². The number of aromatic nitrogens is 3. The molecule has 0 spiro atoms. The molecule has 0 fully saturated rings. The van der Waals surface area contributed by atoms with Gasteiger partial charge in [-0.3, -0.25) is 0 Å². The minimum atomic E-state index is -0.401. The lowest BCUT2D eigenvalue weighted by Gasteiger charge is -2.11. The first-order chi connectivity index (χ1) is 12.1. The van der Waals surface area contributed by atoms with E-state index in [0.29, 0.717) is 5.15 Å². The van der Waals surface area contributed by atoms with E-state index in [1.807, 2.05) is 54.8 Å². The summed E-state index contributed by atoms with van der Waals surface area (Å²) in [6.45, 7) is 4.33. The molecule has 0 bridgehead atoms. The zero-order valence-electron chi connectivity index (χ0n) is 14.0. The molecule has 0 aliphatic carbocycles. The Morgan fingerprint density at radius 1 is 1.28 bits per heavy atom. The van der Waals surface area contributed by atoms with Crippen LogP contribution in [0, 0.1) is 0 Å². The molecule has 0 radical (unpaired) electrons. The van der Waals surface area contributed by atoms with Gasteiger partial charge in [0.05, 0.1) is 5.39 Å². The number of nitrogens with zero attached hydrogens (tertiary/aromatic N) is 3. The average molecular weight is 356 g/mol. The molecule has 2 aromatic heterocycles. The van der Waals surface area contributed by atoms with Gasteiger partial charge in [-0.05, 0) is 31.6 Å². The molecular weight excluding hydrogens is 338 g/mol. The van der Waals surface area contributed by atoms with Gasteiger partial charge in [0, 0.05) is 17.8 Å². The second kappa shape index (κ2) is 7.49. The Hall–Kier alpha value is -2.66. The highest BCUT2D eigenvalue weighted by molar-refractivity contribution is 6.34. The maximum atomic E-state index is 12.0. The second-order valence-corrected chi connectivity index (χ2v) is 6.22. The highest BCUT2D eigenvalue weighted by Crippen LogP contribution is 2.27. The number of benzene rings is 1. The number of hydrogen-bond donors (Lipinski definition) is 0. The minimum absolute atomic E-state index is 0.156. The van der Waals surface area contributed by atoms with Crippen LogP contribution in [0.4, 0.5) is 0 Å². The summed E-state index contributed by atoms with van der Waals surface area (Å²) in [6, 6.07) is 11.6. The fourth-order valence-electron chi connectivity index (χ4n) is 2.62. The molecule has 6 heteroatoms. The van der Waals surface area contributed by atoms with Gasteiger partial charge in [0.25, 0.3) is 0 Å². The number of ether oxygens (including phenoxy) is 1. The van der Waals surface area contributed by atoms with Gasteiger partial charge in [0.15, 0.2) is 0 Å². The molecule has 0 N–H and O–H groups in total. The van der Waals surface area contributed by atoms with Gasteiger partial charge in [-0.25, -0.2) is 14.8 Å². The molecule has 0 atom stereocenters. The fraction of sp³-hybridized carbons (Fsp3) is 0.211. The predicted octanol–water partition coefficient (Wildman–Crippen LogP) is 4.42. The van der Waals surface area contributed by atoms with Gasteiger partial charge in [0.1, 0.15) is 23.7 Å². The molecule has 2 heterocycles. The SMILES string of the molecule is CC(C)n1c(/C=C/C(=O)OCc2ccccc2)cc2c(Cl)ncnc21. The van der Waals surface area contributed by atoms with E-state index < -0.39 is 5.97 Å². The topological polar surface area (TPSA) is 57.0 Å². The van der Waals surface area contributed by atoms with E-state index in [4.69, 9.17) is 16.3 Å². The Morgan fingerprint density at radius 3 is 2.76 bits per heavy atom. The van der Waals surface area contributed by atoms with Crippen LogP contribution in [0.5, 0.6) is 0 Å². The number of hydrogen-bond acceptors (Lipinski definition) is 4. The molecule has 128 valence electrons. The number of rotatable bonds is 5. The molecule has 5 nitrogen and oxygen atoms in total. The minimum Gasteiger partial charge on any atom is -0.458 e. The lowest BCUT2D eigenvalue weighted by molar-refractivity contribution is -0.138. The Balaban J connectivity index is 1.79. The van der Waals surface area contributed by atoms with Crippen LogP contribution in [0.25, 0.3) is 17.1 Å². The van der Waals surface area contributed by atoms with Crippen LogP contribution in [0.1, 0.15) is 31.1 Å². The molecule has 3 aromatic rings. The van der Waals surface area contributed by atoms with Crippen molar-refractivity contribution in [2.45, 2.75) is 26.5 Å². The number of halogens is 1. The van der Waals surface area contributed by atoms with Crippen LogP contribution in [-0.4, -0.2) is 20.5 Å². The number of carbonyl (C=O) groups is 1. The highest BCUT2D eigenvalue weighted by Gasteiger charge is 2.14. The molecule has 0 amide bonds. The van der Waals surface area contributed by atoms with Crippen molar-refractivity contribution in [2.75, 3.05) is 0 Å². The first-order valence-electron chi connectivity index (χ1n) is 7.96. The standard InChI is InChI=1S/C19H18ClN3O2/c1-13(2)23-15(10-16-18(20)21-12-22-19(16)23)8-9-17(24)25-11-14-6-4-3-5-7-14/h3-10,12-13H,11H2,1-2H3/b9-8+. The van der Waals surface area contributed by atoms with E-state index in [2.05, 4.69) is 9.97 Å². The summed E-state index contributed by atoms with van der Waals surface area (Å²) in [5.41, 5.74) is 2.51. The van der Waals surface area contributed by atoms with Crippen molar-refractivity contribution in [3.8, 4) is 0 Å². The van der Waals surface area contributed by atoms with E-state index in [1.54, 1.807) is 6.08 Å². The third-order valence-corrected chi connectivity index (χ3v) is 4.04. The zero-order chi connectivity index (χ0) is 17.8. The molecule has 0 saturated carbocycles. The van der Waals surface area contributed by atoms with E-state index in [9.17, 15) is 4.79 Å². The maximum absolute atomic E-state index is 12.0. The van der Waals surface area contributed by atoms with Crippen molar-refractivity contribution >= 4 is 34.7 Å². The van der Waals surface area contributed by atoms with Crippen molar-refractivity contribution in [3.63, 3.8) is 0 Å².